The first-order chi connectivity index (χ1) is 12.8. The van der Waals surface area contributed by atoms with E-state index in [1.165, 1.54) is 6.08 Å². The number of rotatable bonds is 5. The van der Waals surface area contributed by atoms with Gasteiger partial charge in [0.15, 0.2) is 0 Å². The van der Waals surface area contributed by atoms with E-state index in [-0.39, 0.29) is 11.9 Å². The molecule has 0 aliphatic heterocycles. The second kappa shape index (κ2) is 7.15. The number of carbonyl (C=O) groups excluding carboxylic acids is 1. The SMILES string of the molecule is O=C(/C=C/c1ccco1)NC(c1ccccc1)c1cc2ccccc2o1. The Hall–Kier alpha value is -3.53. The van der Waals surface area contributed by atoms with E-state index in [9.17, 15) is 4.79 Å². The van der Waals surface area contributed by atoms with Crippen LogP contribution in [0.4, 0.5) is 0 Å². The van der Waals surface area contributed by atoms with Gasteiger partial charge in [0.1, 0.15) is 23.1 Å². The first-order valence-electron chi connectivity index (χ1n) is 8.35. The molecule has 2 aromatic heterocycles. The maximum absolute atomic E-state index is 12.4. The Balaban J connectivity index is 1.64. The molecule has 0 bridgehead atoms. The number of hydrogen-bond donors (Lipinski definition) is 1. The van der Waals surface area contributed by atoms with Gasteiger partial charge in [0.25, 0.3) is 0 Å². The zero-order valence-electron chi connectivity index (χ0n) is 14.0. The van der Waals surface area contributed by atoms with Crippen molar-refractivity contribution in [3.8, 4) is 0 Å². The lowest BCUT2D eigenvalue weighted by Crippen LogP contribution is -2.27. The summed E-state index contributed by atoms with van der Waals surface area (Å²) < 4.78 is 11.2. The Kier molecular flexibility index (Phi) is 4.39. The van der Waals surface area contributed by atoms with Crippen molar-refractivity contribution >= 4 is 23.0 Å². The van der Waals surface area contributed by atoms with Gasteiger partial charge in [-0.1, -0.05) is 48.5 Å². The van der Waals surface area contributed by atoms with Gasteiger partial charge in [-0.2, -0.15) is 0 Å². The Bertz CT molecular complexity index is 997. The Morgan fingerprint density at radius 2 is 1.77 bits per heavy atom. The van der Waals surface area contributed by atoms with Crippen LogP contribution in [0.2, 0.25) is 0 Å². The third-order valence-electron chi connectivity index (χ3n) is 4.09. The molecule has 0 aliphatic rings. The monoisotopic (exact) mass is 343 g/mol. The summed E-state index contributed by atoms with van der Waals surface area (Å²) >= 11 is 0. The van der Waals surface area contributed by atoms with Crippen LogP contribution >= 0.6 is 0 Å². The minimum Gasteiger partial charge on any atom is -0.465 e. The molecule has 1 N–H and O–H groups in total. The number of benzene rings is 2. The van der Waals surface area contributed by atoms with Crippen LogP contribution in [0.25, 0.3) is 17.0 Å². The van der Waals surface area contributed by atoms with Crippen molar-refractivity contribution in [2.24, 2.45) is 0 Å². The van der Waals surface area contributed by atoms with Gasteiger partial charge in [-0.05, 0) is 35.9 Å². The third kappa shape index (κ3) is 3.44. The first-order valence-corrected chi connectivity index (χ1v) is 8.35. The number of nitrogens with one attached hydrogen (secondary N) is 1. The van der Waals surface area contributed by atoms with Gasteiger partial charge in [0.05, 0.1) is 6.26 Å². The predicted molar refractivity (Wildman–Crippen MR) is 100 cm³/mol. The predicted octanol–water partition coefficient (Wildman–Crippen LogP) is 4.94. The summed E-state index contributed by atoms with van der Waals surface area (Å²) in [4.78, 5) is 12.4. The standard InChI is InChI=1S/C22H17NO3/c24-21(13-12-18-10-6-14-25-18)23-22(16-7-2-1-3-8-16)20-15-17-9-4-5-11-19(17)26-20/h1-15,22H,(H,23,24)/b13-12+. The van der Waals surface area contributed by atoms with E-state index in [4.69, 9.17) is 8.83 Å². The smallest absolute Gasteiger partial charge is 0.244 e. The summed E-state index contributed by atoms with van der Waals surface area (Å²) in [5.74, 6) is 1.09. The maximum Gasteiger partial charge on any atom is 0.244 e. The Morgan fingerprint density at radius 3 is 2.54 bits per heavy atom. The normalized spacial score (nSPS) is 12.5. The molecule has 1 atom stereocenters. The summed E-state index contributed by atoms with van der Waals surface area (Å²) in [5.41, 5.74) is 1.75. The molecule has 26 heavy (non-hydrogen) atoms. The average molecular weight is 343 g/mol. The molecular formula is C22H17NO3. The number of para-hydroxylation sites is 1. The lowest BCUT2D eigenvalue weighted by atomic mass is 10.0. The molecule has 0 saturated carbocycles. The fourth-order valence-corrected chi connectivity index (χ4v) is 2.84. The fraction of sp³-hybridized carbons (Fsp3) is 0.0455. The number of carbonyl (C=O) groups is 1. The fourth-order valence-electron chi connectivity index (χ4n) is 2.84. The highest BCUT2D eigenvalue weighted by atomic mass is 16.3. The van der Waals surface area contributed by atoms with Crippen LogP contribution in [0.1, 0.15) is 23.1 Å². The molecule has 0 aliphatic carbocycles. The lowest BCUT2D eigenvalue weighted by Gasteiger charge is -2.16. The minimum atomic E-state index is -0.377. The maximum atomic E-state index is 12.4. The quantitative estimate of drug-likeness (QED) is 0.522. The molecular weight excluding hydrogens is 326 g/mol. The average Bonchev–Trinajstić information content (AvgIpc) is 3.34. The van der Waals surface area contributed by atoms with Crippen molar-refractivity contribution in [3.05, 3.63) is 102 Å². The number of fused-ring (bicyclic) bond motifs is 1. The van der Waals surface area contributed by atoms with Crippen LogP contribution in [0.15, 0.2) is 94.0 Å². The van der Waals surface area contributed by atoms with Gasteiger partial charge < -0.3 is 14.2 Å². The van der Waals surface area contributed by atoms with E-state index < -0.39 is 0 Å². The molecule has 4 aromatic rings. The van der Waals surface area contributed by atoms with E-state index in [1.54, 1.807) is 24.5 Å². The van der Waals surface area contributed by atoms with Crippen molar-refractivity contribution in [3.63, 3.8) is 0 Å². The van der Waals surface area contributed by atoms with E-state index in [1.807, 2.05) is 60.7 Å². The Morgan fingerprint density at radius 1 is 0.962 bits per heavy atom. The second-order valence-corrected chi connectivity index (χ2v) is 5.89. The minimum absolute atomic E-state index is 0.226. The molecule has 0 saturated heterocycles. The van der Waals surface area contributed by atoms with Crippen molar-refractivity contribution in [2.75, 3.05) is 0 Å². The molecule has 4 rings (SSSR count). The van der Waals surface area contributed by atoms with Crippen LogP contribution in [0.3, 0.4) is 0 Å². The summed E-state index contributed by atoms with van der Waals surface area (Å²) in [7, 11) is 0. The molecule has 2 heterocycles. The first kappa shape index (κ1) is 16.0. The van der Waals surface area contributed by atoms with E-state index in [2.05, 4.69) is 5.32 Å². The lowest BCUT2D eigenvalue weighted by molar-refractivity contribution is -0.117. The van der Waals surface area contributed by atoms with Crippen molar-refractivity contribution in [2.45, 2.75) is 6.04 Å². The Labute approximate surface area is 150 Å². The second-order valence-electron chi connectivity index (χ2n) is 5.89. The van der Waals surface area contributed by atoms with Gasteiger partial charge >= 0.3 is 0 Å². The van der Waals surface area contributed by atoms with Crippen LogP contribution in [-0.2, 0) is 4.79 Å². The van der Waals surface area contributed by atoms with Gasteiger partial charge in [-0.25, -0.2) is 0 Å². The highest BCUT2D eigenvalue weighted by Crippen LogP contribution is 2.28. The van der Waals surface area contributed by atoms with Crippen molar-refractivity contribution < 1.29 is 13.6 Å². The van der Waals surface area contributed by atoms with E-state index in [0.717, 1.165) is 16.5 Å². The van der Waals surface area contributed by atoms with Gasteiger partial charge in [-0.3, -0.25) is 4.79 Å². The number of amides is 1. The van der Waals surface area contributed by atoms with Crippen LogP contribution in [0, 0.1) is 0 Å². The van der Waals surface area contributed by atoms with E-state index >= 15 is 0 Å². The summed E-state index contributed by atoms with van der Waals surface area (Å²) in [6.07, 6.45) is 4.66. The van der Waals surface area contributed by atoms with Gasteiger partial charge in [0.2, 0.25) is 5.91 Å². The molecule has 4 heteroatoms. The summed E-state index contributed by atoms with van der Waals surface area (Å²) in [6, 6.07) is 22.7. The van der Waals surface area contributed by atoms with Crippen molar-refractivity contribution in [1.29, 1.82) is 0 Å². The largest absolute Gasteiger partial charge is 0.465 e. The number of furan rings is 2. The van der Waals surface area contributed by atoms with Gasteiger partial charge in [0, 0.05) is 11.5 Å². The topological polar surface area (TPSA) is 55.4 Å². The molecule has 4 nitrogen and oxygen atoms in total. The zero-order valence-corrected chi connectivity index (χ0v) is 14.0. The highest BCUT2D eigenvalue weighted by Gasteiger charge is 2.20. The van der Waals surface area contributed by atoms with Crippen LogP contribution in [-0.4, -0.2) is 5.91 Å². The van der Waals surface area contributed by atoms with E-state index in [0.29, 0.717) is 11.5 Å². The molecule has 1 amide bonds. The zero-order chi connectivity index (χ0) is 17.8. The molecule has 2 aromatic carbocycles. The summed E-state index contributed by atoms with van der Waals surface area (Å²) in [5, 5.41) is 4.02. The number of hydrogen-bond acceptors (Lipinski definition) is 3. The van der Waals surface area contributed by atoms with Crippen LogP contribution in [0.5, 0.6) is 0 Å². The molecule has 0 radical (unpaired) electrons. The van der Waals surface area contributed by atoms with Crippen LogP contribution < -0.4 is 5.32 Å². The highest BCUT2D eigenvalue weighted by molar-refractivity contribution is 5.92. The third-order valence-corrected chi connectivity index (χ3v) is 4.09. The molecule has 128 valence electrons. The molecule has 0 spiro atoms. The van der Waals surface area contributed by atoms with Crippen molar-refractivity contribution in [1.82, 2.24) is 5.32 Å². The molecule has 0 fully saturated rings. The van der Waals surface area contributed by atoms with Gasteiger partial charge in [-0.15, -0.1) is 0 Å². The molecule has 1 unspecified atom stereocenters. The summed E-state index contributed by atoms with van der Waals surface area (Å²) in [6.45, 7) is 0.